The minimum Gasteiger partial charge on any atom is -0.291 e. The average molecular weight is 267 g/mol. The summed E-state index contributed by atoms with van der Waals surface area (Å²) in [4.78, 5) is 15.4. The van der Waals surface area contributed by atoms with Gasteiger partial charge >= 0.3 is 5.69 Å². The van der Waals surface area contributed by atoms with E-state index in [-0.39, 0.29) is 10.8 Å². The van der Waals surface area contributed by atoms with Gasteiger partial charge in [0.2, 0.25) is 0 Å². The van der Waals surface area contributed by atoms with Crippen molar-refractivity contribution < 1.29 is 0 Å². The van der Waals surface area contributed by atoms with Crippen LogP contribution in [0.15, 0.2) is 29.1 Å². The van der Waals surface area contributed by atoms with Crippen LogP contribution in [0, 0.1) is 0 Å². The molecule has 2 heterocycles. The second kappa shape index (κ2) is 3.86. The van der Waals surface area contributed by atoms with E-state index < -0.39 is 0 Å². The fourth-order valence-electron chi connectivity index (χ4n) is 2.17. The number of nitrogens with zero attached hydrogens (tertiary/aromatic N) is 2. The smallest absolute Gasteiger partial charge is 0.291 e. The third kappa shape index (κ3) is 1.75. The second-order valence-electron chi connectivity index (χ2n) is 3.95. The van der Waals surface area contributed by atoms with E-state index in [2.05, 4.69) is 4.98 Å². The molecule has 1 aliphatic heterocycles. The van der Waals surface area contributed by atoms with Crippen molar-refractivity contribution in [3.63, 3.8) is 0 Å². The average Bonchev–Trinajstić information content (AvgIpc) is 2.27. The standard InChI is InChI=1S/C12H8Cl2N2O/c13-8-1-2-9-7(5-8)3-4-16-10(9)6-11(14)15-12(16)17/h1-2,5-6H,3-4H2. The number of fused-ring (bicyclic) bond motifs is 3. The van der Waals surface area contributed by atoms with Crippen LogP contribution in [0.4, 0.5) is 0 Å². The lowest BCUT2D eigenvalue weighted by molar-refractivity contribution is 0.640. The van der Waals surface area contributed by atoms with E-state index in [1.165, 1.54) is 0 Å². The van der Waals surface area contributed by atoms with Crippen molar-refractivity contribution in [3.05, 3.63) is 50.5 Å². The highest BCUT2D eigenvalue weighted by molar-refractivity contribution is 6.30. The molecular formula is C12H8Cl2N2O. The van der Waals surface area contributed by atoms with Crippen molar-refractivity contribution in [2.45, 2.75) is 13.0 Å². The Hall–Kier alpha value is -1.32. The summed E-state index contributed by atoms with van der Waals surface area (Å²) in [5.41, 5.74) is 2.65. The molecule has 2 aromatic rings. The van der Waals surface area contributed by atoms with Crippen LogP contribution in [-0.4, -0.2) is 9.55 Å². The van der Waals surface area contributed by atoms with E-state index >= 15 is 0 Å². The quantitative estimate of drug-likeness (QED) is 0.688. The first kappa shape index (κ1) is 10.8. The highest BCUT2D eigenvalue weighted by atomic mass is 35.5. The Morgan fingerprint density at radius 1 is 1.24 bits per heavy atom. The lowest BCUT2D eigenvalue weighted by Crippen LogP contribution is -2.28. The van der Waals surface area contributed by atoms with Crippen molar-refractivity contribution in [2.75, 3.05) is 0 Å². The fourth-order valence-corrected chi connectivity index (χ4v) is 2.54. The van der Waals surface area contributed by atoms with Gasteiger partial charge in [-0.1, -0.05) is 29.3 Å². The summed E-state index contributed by atoms with van der Waals surface area (Å²) in [5.74, 6) is 0. The predicted octanol–water partition coefficient (Wildman–Crippen LogP) is 2.77. The maximum absolute atomic E-state index is 11.7. The van der Waals surface area contributed by atoms with Crippen LogP contribution in [0.2, 0.25) is 10.2 Å². The van der Waals surface area contributed by atoms with Crippen molar-refractivity contribution in [3.8, 4) is 11.3 Å². The summed E-state index contributed by atoms with van der Waals surface area (Å²) in [6, 6.07) is 7.38. The Morgan fingerprint density at radius 3 is 2.88 bits per heavy atom. The lowest BCUT2D eigenvalue weighted by atomic mass is 9.98. The zero-order valence-electron chi connectivity index (χ0n) is 8.78. The van der Waals surface area contributed by atoms with Crippen molar-refractivity contribution in [1.29, 1.82) is 0 Å². The van der Waals surface area contributed by atoms with Gasteiger partial charge < -0.3 is 0 Å². The SMILES string of the molecule is O=c1nc(Cl)cc2n1CCc1cc(Cl)ccc1-2. The van der Waals surface area contributed by atoms with Gasteiger partial charge in [0, 0.05) is 23.2 Å². The van der Waals surface area contributed by atoms with Crippen molar-refractivity contribution in [1.82, 2.24) is 9.55 Å². The number of hydrogen-bond donors (Lipinski definition) is 0. The first-order chi connectivity index (χ1) is 8.15. The van der Waals surface area contributed by atoms with Gasteiger partial charge in [0.15, 0.2) is 0 Å². The van der Waals surface area contributed by atoms with Gasteiger partial charge in [0.05, 0.1) is 5.69 Å². The first-order valence-corrected chi connectivity index (χ1v) is 5.97. The molecule has 86 valence electrons. The fraction of sp³-hybridized carbons (Fsp3) is 0.167. The topological polar surface area (TPSA) is 34.9 Å². The summed E-state index contributed by atoms with van der Waals surface area (Å²) < 4.78 is 1.64. The molecule has 0 amide bonds. The van der Waals surface area contributed by atoms with Gasteiger partial charge in [-0.15, -0.1) is 0 Å². The van der Waals surface area contributed by atoms with Crippen LogP contribution in [0.25, 0.3) is 11.3 Å². The van der Waals surface area contributed by atoms with Crippen molar-refractivity contribution in [2.24, 2.45) is 0 Å². The van der Waals surface area contributed by atoms with Crippen LogP contribution in [0.3, 0.4) is 0 Å². The molecule has 0 bridgehead atoms. The number of halogens is 2. The Morgan fingerprint density at radius 2 is 2.06 bits per heavy atom. The van der Waals surface area contributed by atoms with Crippen LogP contribution >= 0.6 is 23.2 Å². The summed E-state index contributed by atoms with van der Waals surface area (Å²) >= 11 is 11.8. The van der Waals surface area contributed by atoms with Crippen LogP contribution in [0.1, 0.15) is 5.56 Å². The molecule has 1 aliphatic rings. The second-order valence-corrected chi connectivity index (χ2v) is 4.77. The lowest BCUT2D eigenvalue weighted by Gasteiger charge is -2.21. The molecule has 0 spiro atoms. The minimum atomic E-state index is -0.298. The maximum Gasteiger partial charge on any atom is 0.349 e. The molecular weight excluding hydrogens is 259 g/mol. The summed E-state index contributed by atoms with van der Waals surface area (Å²) in [7, 11) is 0. The van der Waals surface area contributed by atoms with Gasteiger partial charge in [-0.05, 0) is 24.1 Å². The largest absolute Gasteiger partial charge is 0.349 e. The molecule has 3 nitrogen and oxygen atoms in total. The molecule has 0 aliphatic carbocycles. The summed E-state index contributed by atoms with van der Waals surface area (Å²) in [6.07, 6.45) is 0.784. The Kier molecular flexibility index (Phi) is 2.45. The van der Waals surface area contributed by atoms with E-state index in [1.807, 2.05) is 18.2 Å². The van der Waals surface area contributed by atoms with Crippen molar-refractivity contribution >= 4 is 23.2 Å². The van der Waals surface area contributed by atoms with Crippen LogP contribution in [0.5, 0.6) is 0 Å². The predicted molar refractivity (Wildman–Crippen MR) is 67.7 cm³/mol. The number of aryl methyl sites for hydroxylation is 1. The maximum atomic E-state index is 11.7. The van der Waals surface area contributed by atoms with Gasteiger partial charge in [-0.25, -0.2) is 4.79 Å². The van der Waals surface area contributed by atoms with E-state index in [0.29, 0.717) is 11.6 Å². The van der Waals surface area contributed by atoms with Gasteiger partial charge in [-0.3, -0.25) is 4.57 Å². The zero-order valence-corrected chi connectivity index (χ0v) is 10.3. The monoisotopic (exact) mass is 266 g/mol. The Bertz CT molecular complexity index is 664. The normalized spacial score (nSPS) is 13.1. The molecule has 0 radical (unpaired) electrons. The van der Waals surface area contributed by atoms with Crippen LogP contribution in [-0.2, 0) is 13.0 Å². The highest BCUT2D eigenvalue weighted by Gasteiger charge is 2.18. The number of hydrogen-bond acceptors (Lipinski definition) is 2. The molecule has 0 atom stereocenters. The number of aromatic nitrogens is 2. The number of benzene rings is 1. The van der Waals surface area contributed by atoms with Gasteiger partial charge in [0.1, 0.15) is 5.15 Å². The van der Waals surface area contributed by atoms with Gasteiger partial charge in [0.25, 0.3) is 0 Å². The van der Waals surface area contributed by atoms with E-state index in [4.69, 9.17) is 23.2 Å². The van der Waals surface area contributed by atoms with E-state index in [0.717, 1.165) is 23.2 Å². The van der Waals surface area contributed by atoms with E-state index in [1.54, 1.807) is 10.6 Å². The molecule has 17 heavy (non-hydrogen) atoms. The molecule has 5 heteroatoms. The minimum absolute atomic E-state index is 0.226. The third-order valence-corrected chi connectivity index (χ3v) is 3.36. The molecule has 0 unspecified atom stereocenters. The number of rotatable bonds is 0. The van der Waals surface area contributed by atoms with Crippen LogP contribution < -0.4 is 5.69 Å². The molecule has 0 saturated carbocycles. The van der Waals surface area contributed by atoms with Gasteiger partial charge in [-0.2, -0.15) is 4.98 Å². The Balaban J connectivity index is 2.33. The Labute approximate surface area is 108 Å². The molecule has 1 aromatic carbocycles. The molecule has 0 saturated heterocycles. The summed E-state index contributed by atoms with van der Waals surface area (Å²) in [6.45, 7) is 0.617. The third-order valence-electron chi connectivity index (χ3n) is 2.93. The molecule has 0 N–H and O–H groups in total. The highest BCUT2D eigenvalue weighted by Crippen LogP contribution is 2.30. The molecule has 0 fully saturated rings. The molecule has 3 rings (SSSR count). The molecule has 1 aromatic heterocycles. The van der Waals surface area contributed by atoms with E-state index in [9.17, 15) is 4.79 Å². The summed E-state index contributed by atoms with van der Waals surface area (Å²) in [5, 5.41) is 0.934. The zero-order chi connectivity index (χ0) is 12.0. The first-order valence-electron chi connectivity index (χ1n) is 5.21.